The molecule has 0 amide bonds. The summed E-state index contributed by atoms with van der Waals surface area (Å²) in [7, 11) is 0. The molecule has 4 rings (SSSR count). The summed E-state index contributed by atoms with van der Waals surface area (Å²) in [6.07, 6.45) is 0.864. The van der Waals surface area contributed by atoms with Crippen molar-refractivity contribution in [2.45, 2.75) is 6.42 Å². The summed E-state index contributed by atoms with van der Waals surface area (Å²) in [4.78, 5) is 2.09. The Hall–Kier alpha value is -3.56. The van der Waals surface area contributed by atoms with Crippen LogP contribution in [0.4, 0.5) is 17.1 Å². The van der Waals surface area contributed by atoms with Crippen LogP contribution in [0.25, 0.3) is 0 Å². The largest absolute Gasteiger partial charge is 0.309 e. The smallest absolute Gasteiger partial charge is 0.101 e. The number of nitrogens with zero attached hydrogens (tertiary/aromatic N) is 3. The zero-order chi connectivity index (χ0) is 16.5. The summed E-state index contributed by atoms with van der Waals surface area (Å²) in [6, 6.07) is 26.0. The Morgan fingerprint density at radius 2 is 1.33 bits per heavy atom. The van der Waals surface area contributed by atoms with Gasteiger partial charge in [-0.3, -0.25) is 0 Å². The highest BCUT2D eigenvalue weighted by Gasteiger charge is 2.25. The van der Waals surface area contributed by atoms with E-state index >= 15 is 0 Å². The predicted octanol–water partition coefficient (Wildman–Crippen LogP) is 4.80. The fourth-order valence-corrected chi connectivity index (χ4v) is 3.23. The van der Waals surface area contributed by atoms with Gasteiger partial charge in [0.15, 0.2) is 0 Å². The Morgan fingerprint density at radius 3 is 1.92 bits per heavy atom. The molecule has 0 N–H and O–H groups in total. The van der Waals surface area contributed by atoms with Crippen LogP contribution in [0, 0.1) is 22.7 Å². The molecule has 0 fully saturated rings. The van der Waals surface area contributed by atoms with Crippen LogP contribution in [0.3, 0.4) is 0 Å². The van der Waals surface area contributed by atoms with E-state index in [9.17, 15) is 10.5 Å². The molecule has 0 atom stereocenters. The van der Waals surface area contributed by atoms with Crippen LogP contribution in [-0.4, -0.2) is 0 Å². The zero-order valence-corrected chi connectivity index (χ0v) is 12.9. The molecule has 1 aliphatic heterocycles. The van der Waals surface area contributed by atoms with Gasteiger partial charge >= 0.3 is 0 Å². The van der Waals surface area contributed by atoms with E-state index in [1.165, 1.54) is 11.1 Å². The molecule has 0 spiro atoms. The molecule has 0 saturated heterocycles. The Balaban J connectivity index is 2.03. The number of fused-ring (bicyclic) bond motifs is 2. The fraction of sp³-hybridized carbons (Fsp3) is 0.0476. The minimum absolute atomic E-state index is 0.546. The van der Waals surface area contributed by atoms with E-state index in [0.29, 0.717) is 11.1 Å². The molecule has 112 valence electrons. The maximum absolute atomic E-state index is 9.55. The number of nitriles is 2. The maximum atomic E-state index is 9.55. The monoisotopic (exact) mass is 307 g/mol. The molecule has 24 heavy (non-hydrogen) atoms. The van der Waals surface area contributed by atoms with Crippen molar-refractivity contribution < 1.29 is 0 Å². The van der Waals surface area contributed by atoms with E-state index in [2.05, 4.69) is 41.3 Å². The fourth-order valence-electron chi connectivity index (χ4n) is 3.23. The molecule has 3 nitrogen and oxygen atoms in total. The third kappa shape index (κ3) is 2.12. The number of rotatable bonds is 1. The molecule has 3 aromatic rings. The van der Waals surface area contributed by atoms with Gasteiger partial charge in [0, 0.05) is 17.8 Å². The van der Waals surface area contributed by atoms with Crippen molar-refractivity contribution in [3.63, 3.8) is 0 Å². The van der Waals surface area contributed by atoms with Crippen molar-refractivity contribution in [1.29, 1.82) is 10.5 Å². The van der Waals surface area contributed by atoms with E-state index in [4.69, 9.17) is 0 Å². The zero-order valence-electron chi connectivity index (χ0n) is 12.9. The van der Waals surface area contributed by atoms with Crippen molar-refractivity contribution in [2.24, 2.45) is 0 Å². The van der Waals surface area contributed by atoms with E-state index in [1.54, 1.807) is 18.2 Å². The Kier molecular flexibility index (Phi) is 3.26. The number of hydrogen-bond donors (Lipinski definition) is 0. The van der Waals surface area contributed by atoms with Crippen molar-refractivity contribution >= 4 is 17.1 Å². The van der Waals surface area contributed by atoms with Crippen LogP contribution in [0.2, 0.25) is 0 Å². The molecule has 1 aliphatic rings. The summed E-state index contributed by atoms with van der Waals surface area (Å²) in [5.74, 6) is 0. The molecular weight excluding hydrogens is 294 g/mol. The van der Waals surface area contributed by atoms with Gasteiger partial charge in [-0.25, -0.2) is 0 Å². The second-order valence-electron chi connectivity index (χ2n) is 5.73. The number of anilines is 3. The van der Waals surface area contributed by atoms with E-state index in [-0.39, 0.29) is 0 Å². The highest BCUT2D eigenvalue weighted by molar-refractivity contribution is 5.86. The third-order valence-electron chi connectivity index (χ3n) is 4.33. The summed E-state index contributed by atoms with van der Waals surface area (Å²) >= 11 is 0. The lowest BCUT2D eigenvalue weighted by molar-refractivity contribution is 1.08. The van der Waals surface area contributed by atoms with Gasteiger partial charge in [-0.05, 0) is 41.5 Å². The first-order chi connectivity index (χ1) is 11.8. The average Bonchev–Trinajstić information content (AvgIpc) is 2.65. The van der Waals surface area contributed by atoms with Crippen molar-refractivity contribution in [3.8, 4) is 12.1 Å². The summed E-state index contributed by atoms with van der Waals surface area (Å²) in [5.41, 5.74) is 6.39. The minimum Gasteiger partial charge on any atom is -0.309 e. The lowest BCUT2D eigenvalue weighted by atomic mass is 9.94. The lowest BCUT2D eigenvalue weighted by Crippen LogP contribution is -2.19. The molecule has 0 saturated carbocycles. The predicted molar refractivity (Wildman–Crippen MR) is 93.4 cm³/mol. The molecule has 0 radical (unpaired) electrons. The van der Waals surface area contributed by atoms with Crippen LogP contribution in [0.15, 0.2) is 66.7 Å². The molecule has 0 bridgehead atoms. The van der Waals surface area contributed by atoms with Crippen molar-refractivity contribution in [1.82, 2.24) is 0 Å². The molecule has 0 aromatic heterocycles. The SMILES string of the molecule is N#Cc1ccc(C#N)c(N2c3ccccc3Cc3ccccc32)c1. The molecular formula is C21H13N3. The summed E-state index contributed by atoms with van der Waals surface area (Å²) in [6.45, 7) is 0. The Morgan fingerprint density at radius 1 is 0.708 bits per heavy atom. The quantitative estimate of drug-likeness (QED) is 0.507. The molecule has 3 aromatic carbocycles. The first-order valence-electron chi connectivity index (χ1n) is 7.72. The second-order valence-corrected chi connectivity index (χ2v) is 5.73. The minimum atomic E-state index is 0.546. The van der Waals surface area contributed by atoms with Gasteiger partial charge in [0.2, 0.25) is 0 Å². The Labute approximate surface area is 140 Å². The van der Waals surface area contributed by atoms with E-state index in [0.717, 1.165) is 23.5 Å². The van der Waals surface area contributed by atoms with Gasteiger partial charge in [-0.1, -0.05) is 36.4 Å². The summed E-state index contributed by atoms with van der Waals surface area (Å²) < 4.78 is 0. The van der Waals surface area contributed by atoms with Gasteiger partial charge in [-0.2, -0.15) is 10.5 Å². The highest BCUT2D eigenvalue weighted by Crippen LogP contribution is 2.44. The Bertz CT molecular complexity index is 976. The molecule has 1 heterocycles. The molecule has 3 heteroatoms. The maximum Gasteiger partial charge on any atom is 0.101 e. The standard InChI is InChI=1S/C21H13N3/c22-13-15-9-10-18(14-23)21(11-15)24-19-7-3-1-5-16(19)12-17-6-2-4-8-20(17)24/h1-11H,12H2. The van der Waals surface area contributed by atoms with Crippen LogP contribution in [-0.2, 0) is 6.42 Å². The summed E-state index contributed by atoms with van der Waals surface area (Å²) in [5, 5.41) is 18.8. The van der Waals surface area contributed by atoms with E-state index < -0.39 is 0 Å². The molecule has 0 aliphatic carbocycles. The number of hydrogen-bond acceptors (Lipinski definition) is 3. The first kappa shape index (κ1) is 14.1. The third-order valence-corrected chi connectivity index (χ3v) is 4.33. The van der Waals surface area contributed by atoms with Crippen LogP contribution in [0.5, 0.6) is 0 Å². The number of para-hydroxylation sites is 2. The van der Waals surface area contributed by atoms with Crippen LogP contribution < -0.4 is 4.90 Å². The topological polar surface area (TPSA) is 50.8 Å². The van der Waals surface area contributed by atoms with Crippen LogP contribution in [0.1, 0.15) is 22.3 Å². The lowest BCUT2D eigenvalue weighted by Gasteiger charge is -2.34. The molecule has 0 unspecified atom stereocenters. The van der Waals surface area contributed by atoms with Gasteiger partial charge in [0.1, 0.15) is 6.07 Å². The highest BCUT2D eigenvalue weighted by atomic mass is 15.2. The van der Waals surface area contributed by atoms with E-state index in [1.807, 2.05) is 24.3 Å². The first-order valence-corrected chi connectivity index (χ1v) is 7.72. The normalized spacial score (nSPS) is 11.8. The van der Waals surface area contributed by atoms with Gasteiger partial charge in [0.25, 0.3) is 0 Å². The van der Waals surface area contributed by atoms with Crippen molar-refractivity contribution in [2.75, 3.05) is 4.90 Å². The number of benzene rings is 3. The van der Waals surface area contributed by atoms with Gasteiger partial charge in [0.05, 0.1) is 22.9 Å². The second kappa shape index (κ2) is 5.57. The van der Waals surface area contributed by atoms with Crippen molar-refractivity contribution in [3.05, 3.63) is 89.0 Å². The average molecular weight is 307 g/mol. The van der Waals surface area contributed by atoms with Gasteiger partial charge < -0.3 is 4.90 Å². The van der Waals surface area contributed by atoms with Crippen LogP contribution >= 0.6 is 0 Å². The van der Waals surface area contributed by atoms with Gasteiger partial charge in [-0.15, -0.1) is 0 Å².